The molecule has 0 aliphatic heterocycles. The van der Waals surface area contributed by atoms with Crippen LogP contribution in [0.4, 0.5) is 0 Å². The van der Waals surface area contributed by atoms with Gasteiger partial charge in [-0.15, -0.1) is 0 Å². The summed E-state index contributed by atoms with van der Waals surface area (Å²) >= 11 is 0. The van der Waals surface area contributed by atoms with Crippen molar-refractivity contribution in [2.24, 2.45) is 11.8 Å². The van der Waals surface area contributed by atoms with Gasteiger partial charge >= 0.3 is 0 Å². The van der Waals surface area contributed by atoms with E-state index in [4.69, 9.17) is 0 Å². The minimum atomic E-state index is 0.735. The molecule has 2 aromatic rings. The summed E-state index contributed by atoms with van der Waals surface area (Å²) in [4.78, 5) is 0. The van der Waals surface area contributed by atoms with Crippen LogP contribution in [0.2, 0.25) is 0 Å². The lowest BCUT2D eigenvalue weighted by molar-refractivity contribution is 0.585. The van der Waals surface area contributed by atoms with Gasteiger partial charge in [0.15, 0.2) is 0 Å². The van der Waals surface area contributed by atoms with Crippen LogP contribution < -0.4 is 0 Å². The van der Waals surface area contributed by atoms with E-state index in [-0.39, 0.29) is 0 Å². The van der Waals surface area contributed by atoms with Crippen LogP contribution in [0.25, 0.3) is 5.57 Å². The average Bonchev–Trinajstić information content (AvgIpc) is 3.18. The van der Waals surface area contributed by atoms with Gasteiger partial charge in [-0.05, 0) is 52.9 Å². The Labute approximate surface area is 126 Å². The fourth-order valence-electron chi connectivity index (χ4n) is 3.90. The third-order valence-electron chi connectivity index (χ3n) is 5.09. The van der Waals surface area contributed by atoms with Gasteiger partial charge in [0.25, 0.3) is 0 Å². The molecule has 2 bridgehead atoms. The number of hydrogen-bond acceptors (Lipinski definition) is 0. The molecule has 4 rings (SSSR count). The fourth-order valence-corrected chi connectivity index (χ4v) is 3.90. The molecule has 2 aromatic carbocycles. The second-order valence-corrected chi connectivity index (χ2v) is 6.35. The maximum absolute atomic E-state index is 4.25. The van der Waals surface area contributed by atoms with Gasteiger partial charge < -0.3 is 0 Å². The zero-order chi connectivity index (χ0) is 14.2. The van der Waals surface area contributed by atoms with Crippen LogP contribution in [0.5, 0.6) is 0 Å². The molecule has 3 unspecified atom stereocenters. The highest BCUT2D eigenvalue weighted by Gasteiger charge is 2.36. The van der Waals surface area contributed by atoms with Crippen LogP contribution in [0.1, 0.15) is 35.4 Å². The number of fused-ring (bicyclic) bond motifs is 2. The van der Waals surface area contributed by atoms with Crippen molar-refractivity contribution < 1.29 is 0 Å². The highest BCUT2D eigenvalue weighted by molar-refractivity contribution is 5.78. The van der Waals surface area contributed by atoms with E-state index in [1.807, 2.05) is 6.07 Å². The van der Waals surface area contributed by atoms with E-state index in [0.29, 0.717) is 0 Å². The summed E-state index contributed by atoms with van der Waals surface area (Å²) in [6, 6.07) is 19.5. The van der Waals surface area contributed by atoms with Crippen molar-refractivity contribution >= 4 is 5.57 Å². The maximum atomic E-state index is 4.25. The van der Waals surface area contributed by atoms with Gasteiger partial charge in [0.05, 0.1) is 0 Å². The molecule has 21 heavy (non-hydrogen) atoms. The van der Waals surface area contributed by atoms with Crippen LogP contribution in [0.15, 0.2) is 73.3 Å². The van der Waals surface area contributed by atoms with Crippen LogP contribution in [0, 0.1) is 11.8 Å². The molecular weight excluding hydrogens is 252 g/mol. The summed E-state index contributed by atoms with van der Waals surface area (Å²) in [6.45, 7) is 4.25. The van der Waals surface area contributed by atoms with E-state index < -0.39 is 0 Å². The Morgan fingerprint density at radius 3 is 2.14 bits per heavy atom. The first-order valence-corrected chi connectivity index (χ1v) is 7.84. The van der Waals surface area contributed by atoms with Crippen molar-refractivity contribution in [3.05, 3.63) is 90.0 Å². The summed E-state index contributed by atoms with van der Waals surface area (Å²) in [6.07, 6.45) is 7.53. The summed E-state index contributed by atoms with van der Waals surface area (Å²) in [5.41, 5.74) is 5.03. The lowest BCUT2D eigenvalue weighted by Gasteiger charge is -2.19. The summed E-state index contributed by atoms with van der Waals surface area (Å²) in [5.74, 6) is 2.34. The molecule has 0 heteroatoms. The number of allylic oxidation sites excluding steroid dienone is 2. The number of benzene rings is 2. The maximum Gasteiger partial charge on any atom is -0.00932 e. The normalized spacial score (nSPS) is 26.2. The van der Waals surface area contributed by atoms with Crippen LogP contribution in [-0.4, -0.2) is 0 Å². The van der Waals surface area contributed by atoms with Crippen molar-refractivity contribution in [1.29, 1.82) is 0 Å². The highest BCUT2D eigenvalue weighted by atomic mass is 14.4. The first-order valence-electron chi connectivity index (χ1n) is 7.84. The van der Waals surface area contributed by atoms with Crippen LogP contribution >= 0.6 is 0 Å². The van der Waals surface area contributed by atoms with Crippen molar-refractivity contribution in [2.45, 2.75) is 18.8 Å². The molecule has 104 valence electrons. The Balaban J connectivity index is 1.57. The van der Waals surface area contributed by atoms with Crippen molar-refractivity contribution in [2.75, 3.05) is 0 Å². The zero-order valence-corrected chi connectivity index (χ0v) is 12.2. The Kier molecular flexibility index (Phi) is 3.03. The van der Waals surface area contributed by atoms with Gasteiger partial charge in [-0.25, -0.2) is 0 Å². The Morgan fingerprint density at radius 2 is 1.52 bits per heavy atom. The molecule has 1 fully saturated rings. The lowest BCUT2D eigenvalue weighted by atomic mass is 9.86. The molecule has 3 atom stereocenters. The Hall–Kier alpha value is -2.08. The first-order chi connectivity index (χ1) is 10.3. The molecule has 0 N–H and O–H groups in total. The molecule has 0 aromatic heterocycles. The number of hydrogen-bond donors (Lipinski definition) is 0. The van der Waals surface area contributed by atoms with Gasteiger partial charge in [0.1, 0.15) is 0 Å². The predicted octanol–water partition coefficient (Wildman–Crippen LogP) is 5.43. The van der Waals surface area contributed by atoms with E-state index in [1.54, 1.807) is 0 Å². The average molecular weight is 272 g/mol. The minimum absolute atomic E-state index is 0.735. The quantitative estimate of drug-likeness (QED) is 0.654. The minimum Gasteiger partial charge on any atom is -0.0906 e. The van der Waals surface area contributed by atoms with Gasteiger partial charge in [0.2, 0.25) is 0 Å². The number of rotatable bonds is 3. The van der Waals surface area contributed by atoms with Crippen molar-refractivity contribution in [3.63, 3.8) is 0 Å². The molecule has 0 nitrogen and oxygen atoms in total. The summed E-state index contributed by atoms with van der Waals surface area (Å²) in [5, 5.41) is 0. The van der Waals surface area contributed by atoms with Crippen LogP contribution in [0.3, 0.4) is 0 Å². The third-order valence-corrected chi connectivity index (χ3v) is 5.09. The Bertz CT molecular complexity index is 676. The SMILES string of the molecule is C=C(c1ccccc1)c1ccc(C2CC3C=CC2C3)cc1. The molecule has 0 radical (unpaired) electrons. The van der Waals surface area contributed by atoms with Crippen molar-refractivity contribution in [1.82, 2.24) is 0 Å². The summed E-state index contributed by atoms with van der Waals surface area (Å²) < 4.78 is 0. The van der Waals surface area contributed by atoms with E-state index in [9.17, 15) is 0 Å². The van der Waals surface area contributed by atoms with Gasteiger partial charge in [-0.3, -0.25) is 0 Å². The van der Waals surface area contributed by atoms with E-state index in [0.717, 1.165) is 23.3 Å². The second kappa shape index (κ2) is 5.04. The smallest absolute Gasteiger partial charge is 0.00932 e. The molecule has 0 spiro atoms. The predicted molar refractivity (Wildman–Crippen MR) is 89.1 cm³/mol. The molecule has 2 aliphatic rings. The zero-order valence-electron chi connectivity index (χ0n) is 12.2. The van der Waals surface area contributed by atoms with Gasteiger partial charge in [-0.2, -0.15) is 0 Å². The standard InChI is InChI=1S/C21H20/c1-15(17-5-3-2-4-6-17)18-9-11-19(12-10-18)21-14-16-7-8-20(21)13-16/h2-12,16,20-21H,1,13-14H2. The fraction of sp³-hybridized carbons (Fsp3) is 0.238. The monoisotopic (exact) mass is 272 g/mol. The first kappa shape index (κ1) is 12.6. The molecular formula is C21H20. The Morgan fingerprint density at radius 1 is 0.810 bits per heavy atom. The molecule has 0 amide bonds. The van der Waals surface area contributed by atoms with Gasteiger partial charge in [-0.1, -0.05) is 73.3 Å². The third kappa shape index (κ3) is 2.25. The molecule has 0 saturated heterocycles. The van der Waals surface area contributed by atoms with E-state index in [1.165, 1.54) is 29.5 Å². The summed E-state index contributed by atoms with van der Waals surface area (Å²) in [7, 11) is 0. The largest absolute Gasteiger partial charge is 0.0906 e. The van der Waals surface area contributed by atoms with Crippen LogP contribution in [-0.2, 0) is 0 Å². The van der Waals surface area contributed by atoms with Crippen molar-refractivity contribution in [3.8, 4) is 0 Å². The second-order valence-electron chi connectivity index (χ2n) is 6.35. The van der Waals surface area contributed by atoms with E-state index in [2.05, 4.69) is 67.3 Å². The van der Waals surface area contributed by atoms with E-state index >= 15 is 0 Å². The van der Waals surface area contributed by atoms with Gasteiger partial charge in [0, 0.05) is 0 Å². The molecule has 0 heterocycles. The molecule has 2 aliphatic carbocycles. The molecule has 1 saturated carbocycles. The topological polar surface area (TPSA) is 0 Å². The highest BCUT2D eigenvalue weighted by Crippen LogP contribution is 2.48. The lowest BCUT2D eigenvalue weighted by Crippen LogP contribution is -2.04.